The maximum Gasteiger partial charge on any atom is 0.251 e. The van der Waals surface area contributed by atoms with Crippen molar-refractivity contribution < 1.29 is 14.3 Å². The van der Waals surface area contributed by atoms with Crippen molar-refractivity contribution in [2.75, 3.05) is 25.5 Å². The summed E-state index contributed by atoms with van der Waals surface area (Å²) in [7, 11) is 0. The van der Waals surface area contributed by atoms with Crippen LogP contribution in [-0.4, -0.2) is 36.2 Å². The molecule has 1 aromatic rings. The van der Waals surface area contributed by atoms with Gasteiger partial charge in [-0.15, -0.1) is 0 Å². The van der Waals surface area contributed by atoms with Crippen LogP contribution in [0.3, 0.4) is 0 Å². The molecule has 0 spiro atoms. The lowest BCUT2D eigenvalue weighted by Gasteiger charge is -2.17. The third-order valence-electron chi connectivity index (χ3n) is 2.93. The van der Waals surface area contributed by atoms with Crippen molar-refractivity contribution in [2.45, 2.75) is 31.9 Å². The summed E-state index contributed by atoms with van der Waals surface area (Å²) in [6.45, 7) is 8.45. The highest BCUT2D eigenvalue weighted by molar-refractivity contribution is 8.00. The van der Waals surface area contributed by atoms with Gasteiger partial charge >= 0.3 is 0 Å². The zero-order chi connectivity index (χ0) is 15.3. The van der Waals surface area contributed by atoms with Crippen molar-refractivity contribution in [1.82, 2.24) is 5.32 Å². The molecule has 2 rings (SSSR count). The quantitative estimate of drug-likeness (QED) is 0.868. The number of amides is 1. The van der Waals surface area contributed by atoms with Gasteiger partial charge in [0.2, 0.25) is 0 Å². The Labute approximate surface area is 130 Å². The smallest absolute Gasteiger partial charge is 0.251 e. The molecule has 1 N–H and O–H groups in total. The molecule has 0 radical (unpaired) electrons. The highest BCUT2D eigenvalue weighted by atomic mass is 32.2. The molecule has 1 aromatic carbocycles. The average molecular weight is 309 g/mol. The predicted molar refractivity (Wildman–Crippen MR) is 86.6 cm³/mol. The predicted octanol–water partition coefficient (Wildman–Crippen LogP) is 3.11. The monoisotopic (exact) mass is 309 g/mol. The zero-order valence-electron chi connectivity index (χ0n) is 12.9. The number of rotatable bonds is 4. The van der Waals surface area contributed by atoms with Gasteiger partial charge in [0.05, 0.1) is 13.2 Å². The first kappa shape index (κ1) is 16.0. The standard InChI is InChI=1S/C16H23NO3S/c1-16(2,3)21-10-7-17-15(18)12-5-6-13-14(11-12)20-9-4-8-19-13/h5-6,11H,4,7-10H2,1-3H3,(H,17,18). The molecular weight excluding hydrogens is 286 g/mol. The Kier molecular flexibility index (Phi) is 5.39. The summed E-state index contributed by atoms with van der Waals surface area (Å²) >= 11 is 1.84. The third kappa shape index (κ3) is 5.16. The van der Waals surface area contributed by atoms with Gasteiger partial charge in [-0.25, -0.2) is 0 Å². The van der Waals surface area contributed by atoms with Crippen molar-refractivity contribution in [2.24, 2.45) is 0 Å². The molecule has 1 heterocycles. The van der Waals surface area contributed by atoms with E-state index in [9.17, 15) is 4.79 Å². The van der Waals surface area contributed by atoms with E-state index in [2.05, 4.69) is 26.1 Å². The minimum absolute atomic E-state index is 0.0693. The van der Waals surface area contributed by atoms with Crippen LogP contribution in [0.25, 0.3) is 0 Å². The molecule has 1 aliphatic heterocycles. The first-order valence-corrected chi connectivity index (χ1v) is 8.26. The topological polar surface area (TPSA) is 47.6 Å². The number of carbonyl (C=O) groups excluding carboxylic acids is 1. The van der Waals surface area contributed by atoms with Crippen LogP contribution >= 0.6 is 11.8 Å². The lowest BCUT2D eigenvalue weighted by molar-refractivity contribution is 0.0955. The molecule has 0 aromatic heterocycles. The fraction of sp³-hybridized carbons (Fsp3) is 0.562. The first-order valence-electron chi connectivity index (χ1n) is 7.27. The molecule has 0 saturated carbocycles. The van der Waals surface area contributed by atoms with E-state index in [1.54, 1.807) is 18.2 Å². The number of benzene rings is 1. The maximum absolute atomic E-state index is 12.1. The van der Waals surface area contributed by atoms with Crippen LogP contribution in [0.4, 0.5) is 0 Å². The fourth-order valence-corrected chi connectivity index (χ4v) is 2.74. The molecule has 0 saturated heterocycles. The number of nitrogens with one attached hydrogen (secondary N) is 1. The number of thioether (sulfide) groups is 1. The summed E-state index contributed by atoms with van der Waals surface area (Å²) in [5, 5.41) is 2.94. The number of ether oxygens (including phenoxy) is 2. The fourth-order valence-electron chi connectivity index (χ4n) is 1.93. The van der Waals surface area contributed by atoms with E-state index >= 15 is 0 Å². The van der Waals surface area contributed by atoms with Gasteiger partial charge in [0, 0.05) is 29.0 Å². The molecule has 0 bridgehead atoms. The van der Waals surface area contributed by atoms with Gasteiger partial charge in [-0.2, -0.15) is 11.8 Å². The van der Waals surface area contributed by atoms with Gasteiger partial charge in [-0.05, 0) is 18.2 Å². The summed E-state index contributed by atoms with van der Waals surface area (Å²) in [4.78, 5) is 12.1. The third-order valence-corrected chi connectivity index (χ3v) is 4.21. The zero-order valence-corrected chi connectivity index (χ0v) is 13.7. The Balaban J connectivity index is 1.89. The second-order valence-corrected chi connectivity index (χ2v) is 7.85. The Morgan fingerprint density at radius 1 is 1.24 bits per heavy atom. The summed E-state index contributed by atoms with van der Waals surface area (Å²) in [6.07, 6.45) is 0.861. The second-order valence-electron chi connectivity index (χ2n) is 5.93. The molecule has 1 amide bonds. The molecule has 5 heteroatoms. The SMILES string of the molecule is CC(C)(C)SCCNC(=O)c1ccc2c(c1)OCCCO2. The molecule has 21 heavy (non-hydrogen) atoms. The van der Waals surface area contributed by atoms with Gasteiger partial charge in [0.1, 0.15) is 0 Å². The number of fused-ring (bicyclic) bond motifs is 1. The minimum Gasteiger partial charge on any atom is -0.490 e. The van der Waals surface area contributed by atoms with E-state index in [1.165, 1.54) is 0 Å². The number of carbonyl (C=O) groups is 1. The van der Waals surface area contributed by atoms with Gasteiger partial charge in [-0.1, -0.05) is 20.8 Å². The molecule has 0 fully saturated rings. The van der Waals surface area contributed by atoms with Crippen LogP contribution in [0.15, 0.2) is 18.2 Å². The summed E-state index contributed by atoms with van der Waals surface area (Å²) in [5.41, 5.74) is 0.611. The Hall–Kier alpha value is -1.36. The van der Waals surface area contributed by atoms with Crippen LogP contribution in [0.2, 0.25) is 0 Å². The largest absolute Gasteiger partial charge is 0.490 e. The van der Waals surface area contributed by atoms with Gasteiger partial charge < -0.3 is 14.8 Å². The number of hydrogen-bond donors (Lipinski definition) is 1. The molecule has 4 nitrogen and oxygen atoms in total. The summed E-state index contributed by atoms with van der Waals surface area (Å²) in [5.74, 6) is 2.21. The lowest BCUT2D eigenvalue weighted by Crippen LogP contribution is -2.26. The van der Waals surface area contributed by atoms with Crippen molar-refractivity contribution in [1.29, 1.82) is 0 Å². The van der Waals surface area contributed by atoms with Crippen LogP contribution in [0.5, 0.6) is 11.5 Å². The molecular formula is C16H23NO3S. The molecule has 0 aliphatic carbocycles. The molecule has 0 atom stereocenters. The number of hydrogen-bond acceptors (Lipinski definition) is 4. The van der Waals surface area contributed by atoms with Crippen LogP contribution in [0.1, 0.15) is 37.6 Å². The van der Waals surface area contributed by atoms with Gasteiger partial charge in [0.25, 0.3) is 5.91 Å². The van der Waals surface area contributed by atoms with E-state index in [-0.39, 0.29) is 10.7 Å². The van der Waals surface area contributed by atoms with Crippen molar-refractivity contribution in [3.8, 4) is 11.5 Å². The Bertz CT molecular complexity index is 497. The highest BCUT2D eigenvalue weighted by Crippen LogP contribution is 2.30. The molecule has 1 aliphatic rings. The van der Waals surface area contributed by atoms with E-state index in [4.69, 9.17) is 9.47 Å². The average Bonchev–Trinajstić information content (AvgIpc) is 2.66. The Morgan fingerprint density at radius 3 is 2.67 bits per heavy atom. The lowest BCUT2D eigenvalue weighted by atomic mass is 10.2. The Morgan fingerprint density at radius 2 is 1.95 bits per heavy atom. The van der Waals surface area contributed by atoms with E-state index in [0.717, 1.165) is 12.2 Å². The van der Waals surface area contributed by atoms with Crippen molar-refractivity contribution in [3.05, 3.63) is 23.8 Å². The maximum atomic E-state index is 12.1. The van der Waals surface area contributed by atoms with Crippen LogP contribution in [0, 0.1) is 0 Å². The van der Waals surface area contributed by atoms with Crippen molar-refractivity contribution >= 4 is 17.7 Å². The molecule has 116 valence electrons. The summed E-state index contributed by atoms with van der Waals surface area (Å²) < 4.78 is 11.4. The van der Waals surface area contributed by atoms with E-state index in [1.807, 2.05) is 11.8 Å². The van der Waals surface area contributed by atoms with Crippen LogP contribution < -0.4 is 14.8 Å². The van der Waals surface area contributed by atoms with Crippen molar-refractivity contribution in [3.63, 3.8) is 0 Å². The van der Waals surface area contributed by atoms with E-state index in [0.29, 0.717) is 36.8 Å². The van der Waals surface area contributed by atoms with E-state index < -0.39 is 0 Å². The highest BCUT2D eigenvalue weighted by Gasteiger charge is 2.14. The minimum atomic E-state index is -0.0693. The second kappa shape index (κ2) is 7.07. The van der Waals surface area contributed by atoms with Gasteiger partial charge in [-0.3, -0.25) is 4.79 Å². The normalized spacial score (nSPS) is 14.4. The first-order chi connectivity index (χ1) is 9.96. The van der Waals surface area contributed by atoms with Crippen LogP contribution in [-0.2, 0) is 0 Å². The summed E-state index contributed by atoms with van der Waals surface area (Å²) in [6, 6.07) is 5.34. The van der Waals surface area contributed by atoms with Gasteiger partial charge in [0.15, 0.2) is 11.5 Å². The molecule has 0 unspecified atom stereocenters.